The highest BCUT2D eigenvalue weighted by Crippen LogP contribution is 2.29. The van der Waals surface area contributed by atoms with Gasteiger partial charge in [0.1, 0.15) is 17.3 Å². The van der Waals surface area contributed by atoms with E-state index in [0.717, 1.165) is 6.07 Å². The maximum absolute atomic E-state index is 12.4. The molecule has 0 aliphatic rings. The molecule has 2 aromatic rings. The molecule has 0 saturated carbocycles. The van der Waals surface area contributed by atoms with E-state index in [1.807, 2.05) is 0 Å². The molecule has 0 saturated heterocycles. The van der Waals surface area contributed by atoms with Gasteiger partial charge >= 0.3 is 6.18 Å². The number of nitrogens with two attached hydrogens (primary N) is 1. The zero-order valence-electron chi connectivity index (χ0n) is 8.21. The van der Waals surface area contributed by atoms with Crippen LogP contribution in [0.3, 0.4) is 0 Å². The van der Waals surface area contributed by atoms with Crippen molar-refractivity contribution in [2.75, 3.05) is 5.73 Å². The summed E-state index contributed by atoms with van der Waals surface area (Å²) in [6.07, 6.45) is -4.48. The van der Waals surface area contributed by atoms with Crippen LogP contribution >= 0.6 is 0 Å². The minimum atomic E-state index is -4.48. The lowest BCUT2D eigenvalue weighted by atomic mass is 10.2. The summed E-state index contributed by atoms with van der Waals surface area (Å²) in [6.45, 7) is 1.54. The van der Waals surface area contributed by atoms with Crippen molar-refractivity contribution in [1.29, 1.82) is 0 Å². The van der Waals surface area contributed by atoms with Gasteiger partial charge in [-0.25, -0.2) is 15.0 Å². The number of hydrogen-bond acceptors (Lipinski definition) is 4. The summed E-state index contributed by atoms with van der Waals surface area (Å²) in [5, 5.41) is 0.318. The largest absolute Gasteiger partial charge is 0.433 e. The summed E-state index contributed by atoms with van der Waals surface area (Å²) in [6, 6.07) is 2.08. The van der Waals surface area contributed by atoms with Gasteiger partial charge in [0, 0.05) is 0 Å². The van der Waals surface area contributed by atoms with Gasteiger partial charge in [-0.1, -0.05) is 0 Å². The van der Waals surface area contributed by atoms with Crippen LogP contribution < -0.4 is 5.73 Å². The Morgan fingerprint density at radius 1 is 1.12 bits per heavy atom. The fraction of sp³-hybridized carbons (Fsp3) is 0.222. The van der Waals surface area contributed by atoms with E-state index in [-0.39, 0.29) is 17.3 Å². The van der Waals surface area contributed by atoms with Crippen LogP contribution in [-0.2, 0) is 6.18 Å². The van der Waals surface area contributed by atoms with Crippen molar-refractivity contribution in [2.24, 2.45) is 0 Å². The van der Waals surface area contributed by atoms with Gasteiger partial charge in [-0.05, 0) is 19.1 Å². The quantitative estimate of drug-likeness (QED) is 0.748. The van der Waals surface area contributed by atoms with Crippen LogP contribution in [-0.4, -0.2) is 15.0 Å². The average Bonchev–Trinajstić information content (AvgIpc) is 2.15. The summed E-state index contributed by atoms with van der Waals surface area (Å²) in [4.78, 5) is 11.1. The van der Waals surface area contributed by atoms with E-state index in [9.17, 15) is 13.2 Å². The molecule has 2 rings (SSSR count). The predicted molar refractivity (Wildman–Crippen MR) is 51.5 cm³/mol. The molecule has 2 N–H and O–H groups in total. The van der Waals surface area contributed by atoms with Crippen molar-refractivity contribution in [1.82, 2.24) is 15.0 Å². The normalized spacial score (nSPS) is 12.0. The number of aromatic nitrogens is 3. The van der Waals surface area contributed by atoms with Crippen LogP contribution in [0, 0.1) is 6.92 Å². The molecule has 84 valence electrons. The van der Waals surface area contributed by atoms with Crippen LogP contribution in [0.4, 0.5) is 19.0 Å². The molecule has 0 unspecified atom stereocenters. The zero-order valence-corrected chi connectivity index (χ0v) is 8.21. The second kappa shape index (κ2) is 3.29. The number of hydrogen-bond donors (Lipinski definition) is 1. The van der Waals surface area contributed by atoms with E-state index >= 15 is 0 Å². The molecule has 0 radical (unpaired) electrons. The topological polar surface area (TPSA) is 64.7 Å². The first-order valence-electron chi connectivity index (χ1n) is 4.36. The molecule has 0 bridgehead atoms. The number of nitrogens with zero attached hydrogens (tertiary/aromatic N) is 3. The Balaban J connectivity index is 2.71. The molecule has 0 amide bonds. The van der Waals surface area contributed by atoms with Crippen LogP contribution in [0.25, 0.3) is 11.0 Å². The lowest BCUT2D eigenvalue weighted by Gasteiger charge is -2.07. The number of nitrogen functional groups attached to an aromatic ring is 1. The van der Waals surface area contributed by atoms with Gasteiger partial charge in [-0.3, -0.25) is 0 Å². The number of anilines is 1. The van der Waals surface area contributed by atoms with E-state index in [1.54, 1.807) is 0 Å². The first kappa shape index (κ1) is 10.6. The molecular formula is C9H7F3N4. The molecule has 0 atom stereocenters. The third-order valence-corrected chi connectivity index (χ3v) is 1.99. The molecule has 0 aliphatic heterocycles. The summed E-state index contributed by atoms with van der Waals surface area (Å²) in [5.41, 5.74) is 4.51. The molecule has 0 spiro atoms. The Morgan fingerprint density at radius 2 is 1.81 bits per heavy atom. The maximum Gasteiger partial charge on any atom is 0.433 e. The fourth-order valence-corrected chi connectivity index (χ4v) is 1.30. The SMILES string of the molecule is Cc1nc(N)c2ccc(C(F)(F)F)nc2n1. The number of rotatable bonds is 0. The minimum absolute atomic E-state index is 0.0418. The van der Waals surface area contributed by atoms with Gasteiger partial charge in [-0.2, -0.15) is 13.2 Å². The van der Waals surface area contributed by atoms with E-state index < -0.39 is 11.9 Å². The molecule has 2 heterocycles. The Hall–Kier alpha value is -1.92. The average molecular weight is 228 g/mol. The Morgan fingerprint density at radius 3 is 2.44 bits per heavy atom. The third kappa shape index (κ3) is 1.75. The lowest BCUT2D eigenvalue weighted by molar-refractivity contribution is -0.141. The van der Waals surface area contributed by atoms with Gasteiger partial charge in [0.25, 0.3) is 0 Å². The van der Waals surface area contributed by atoms with Crippen molar-refractivity contribution in [3.05, 3.63) is 23.7 Å². The molecule has 0 aromatic carbocycles. The van der Waals surface area contributed by atoms with Crippen LogP contribution in [0.1, 0.15) is 11.5 Å². The smallest absolute Gasteiger partial charge is 0.383 e. The first-order valence-corrected chi connectivity index (χ1v) is 4.36. The Bertz CT molecular complexity index is 550. The van der Waals surface area contributed by atoms with Gasteiger partial charge in [0.15, 0.2) is 5.65 Å². The predicted octanol–water partition coefficient (Wildman–Crippen LogP) is 1.93. The monoisotopic (exact) mass is 228 g/mol. The van der Waals surface area contributed by atoms with Crippen LogP contribution in [0.2, 0.25) is 0 Å². The van der Waals surface area contributed by atoms with Gasteiger partial charge in [-0.15, -0.1) is 0 Å². The highest BCUT2D eigenvalue weighted by molar-refractivity contribution is 5.85. The molecular weight excluding hydrogens is 221 g/mol. The number of alkyl halides is 3. The third-order valence-electron chi connectivity index (χ3n) is 1.99. The molecule has 4 nitrogen and oxygen atoms in total. The Kier molecular flexibility index (Phi) is 2.18. The molecule has 2 aromatic heterocycles. The number of aryl methyl sites for hydroxylation is 1. The summed E-state index contributed by atoms with van der Waals surface area (Å²) in [7, 11) is 0. The fourth-order valence-electron chi connectivity index (χ4n) is 1.30. The van der Waals surface area contributed by atoms with Crippen molar-refractivity contribution in [2.45, 2.75) is 13.1 Å². The van der Waals surface area contributed by atoms with Crippen molar-refractivity contribution in [3.63, 3.8) is 0 Å². The van der Waals surface area contributed by atoms with E-state index in [2.05, 4.69) is 15.0 Å². The molecule has 0 fully saturated rings. The summed E-state index contributed by atoms with van der Waals surface area (Å²) in [5.74, 6) is 0.417. The molecule has 0 aliphatic carbocycles. The van der Waals surface area contributed by atoms with Gasteiger partial charge in [0.2, 0.25) is 0 Å². The summed E-state index contributed by atoms with van der Waals surface area (Å²) >= 11 is 0. The lowest BCUT2D eigenvalue weighted by Crippen LogP contribution is -2.09. The van der Waals surface area contributed by atoms with Crippen LogP contribution in [0.5, 0.6) is 0 Å². The molecule has 16 heavy (non-hydrogen) atoms. The van der Waals surface area contributed by atoms with Crippen LogP contribution in [0.15, 0.2) is 12.1 Å². The molecule has 7 heteroatoms. The first-order chi connectivity index (χ1) is 7.38. The number of fused-ring (bicyclic) bond motifs is 1. The van der Waals surface area contributed by atoms with Crippen molar-refractivity contribution in [3.8, 4) is 0 Å². The minimum Gasteiger partial charge on any atom is -0.383 e. The van der Waals surface area contributed by atoms with E-state index in [4.69, 9.17) is 5.73 Å². The zero-order chi connectivity index (χ0) is 11.9. The van der Waals surface area contributed by atoms with Gasteiger partial charge in [0.05, 0.1) is 5.39 Å². The Labute approximate surface area is 88.3 Å². The highest BCUT2D eigenvalue weighted by Gasteiger charge is 2.32. The second-order valence-electron chi connectivity index (χ2n) is 3.22. The van der Waals surface area contributed by atoms with E-state index in [1.165, 1.54) is 13.0 Å². The van der Waals surface area contributed by atoms with E-state index in [0.29, 0.717) is 5.39 Å². The van der Waals surface area contributed by atoms with Crippen molar-refractivity contribution >= 4 is 16.9 Å². The highest BCUT2D eigenvalue weighted by atomic mass is 19.4. The standard InChI is InChI=1S/C9H7F3N4/c1-4-14-7(13)5-2-3-6(9(10,11)12)16-8(5)15-4/h2-3H,1H3,(H2,13,14,15,16). The number of halogens is 3. The van der Waals surface area contributed by atoms with Crippen molar-refractivity contribution < 1.29 is 13.2 Å². The maximum atomic E-state index is 12.4. The van der Waals surface area contributed by atoms with Gasteiger partial charge < -0.3 is 5.73 Å². The second-order valence-corrected chi connectivity index (χ2v) is 3.22. The number of pyridine rings is 1. The summed E-state index contributed by atoms with van der Waals surface area (Å²) < 4.78 is 37.1.